The number of nitrogens with zero attached hydrogens (tertiary/aromatic N) is 2. The van der Waals surface area contributed by atoms with Crippen molar-refractivity contribution in [1.82, 2.24) is 9.88 Å². The van der Waals surface area contributed by atoms with Gasteiger partial charge in [-0.25, -0.2) is 4.98 Å². The molecule has 3 nitrogen and oxygen atoms in total. The van der Waals surface area contributed by atoms with Gasteiger partial charge in [-0.1, -0.05) is 18.5 Å². The number of furan rings is 1. The lowest BCUT2D eigenvalue weighted by atomic mass is 10.3. The lowest BCUT2D eigenvalue weighted by molar-refractivity contribution is 0.249. The number of rotatable bonds is 5. The van der Waals surface area contributed by atoms with Gasteiger partial charge in [0.15, 0.2) is 4.47 Å². The van der Waals surface area contributed by atoms with Crippen molar-refractivity contribution in [2.75, 3.05) is 6.54 Å². The Morgan fingerprint density at radius 2 is 2.38 bits per heavy atom. The van der Waals surface area contributed by atoms with Crippen molar-refractivity contribution in [2.24, 2.45) is 0 Å². The molecule has 2 heterocycles. The van der Waals surface area contributed by atoms with E-state index in [0.717, 1.165) is 25.4 Å². The Morgan fingerprint density at radius 3 is 2.94 bits per heavy atom. The molecule has 0 aliphatic carbocycles. The van der Waals surface area contributed by atoms with Crippen LogP contribution in [0, 0.1) is 0 Å². The molecule has 2 rings (SSSR count). The van der Waals surface area contributed by atoms with Crippen LogP contribution >= 0.6 is 22.9 Å². The van der Waals surface area contributed by atoms with Gasteiger partial charge in [0.25, 0.3) is 0 Å². The molecule has 5 heteroatoms. The number of hydrogen-bond acceptors (Lipinski definition) is 4. The van der Waals surface area contributed by atoms with E-state index in [1.807, 2.05) is 18.3 Å². The second-order valence-electron chi connectivity index (χ2n) is 3.46. The zero-order chi connectivity index (χ0) is 11.4. The monoisotopic (exact) mass is 256 g/mol. The first-order chi connectivity index (χ1) is 7.78. The fraction of sp³-hybridized carbons (Fsp3) is 0.364. The molecule has 0 saturated heterocycles. The summed E-state index contributed by atoms with van der Waals surface area (Å²) in [5.74, 6) is 0.984. The van der Waals surface area contributed by atoms with Crippen molar-refractivity contribution in [3.8, 4) is 0 Å². The predicted molar refractivity (Wildman–Crippen MR) is 65.6 cm³/mol. The van der Waals surface area contributed by atoms with E-state index in [4.69, 9.17) is 16.0 Å². The minimum Gasteiger partial charge on any atom is -0.468 e. The van der Waals surface area contributed by atoms with Gasteiger partial charge in [-0.05, 0) is 18.7 Å². The fourth-order valence-electron chi connectivity index (χ4n) is 1.48. The van der Waals surface area contributed by atoms with Crippen molar-refractivity contribution in [2.45, 2.75) is 20.0 Å². The van der Waals surface area contributed by atoms with Gasteiger partial charge in [0.05, 0.1) is 12.8 Å². The Hall–Kier alpha value is -0.840. The topological polar surface area (TPSA) is 29.3 Å². The molecule has 0 bridgehead atoms. The van der Waals surface area contributed by atoms with Gasteiger partial charge in [0, 0.05) is 17.6 Å². The maximum absolute atomic E-state index is 5.80. The third-order valence-corrected chi connectivity index (χ3v) is 3.41. The Bertz CT molecular complexity index is 427. The Balaban J connectivity index is 1.95. The minimum atomic E-state index is 0.601. The standard InChI is InChI=1S/C11H13ClN2OS/c1-2-14(7-9-4-3-5-15-9)8-10-6-13-11(12)16-10/h3-6H,2,7-8H2,1H3. The summed E-state index contributed by atoms with van der Waals surface area (Å²) < 4.78 is 5.93. The molecule has 16 heavy (non-hydrogen) atoms. The Kier molecular flexibility index (Phi) is 3.98. The smallest absolute Gasteiger partial charge is 0.183 e. The molecule has 0 aliphatic rings. The number of aromatic nitrogens is 1. The first-order valence-electron chi connectivity index (χ1n) is 5.13. The normalized spacial score (nSPS) is 11.2. The Labute approximate surface area is 104 Å². The molecule has 0 aliphatic heterocycles. The quantitative estimate of drug-likeness (QED) is 0.821. The van der Waals surface area contributed by atoms with E-state index in [0.29, 0.717) is 4.47 Å². The van der Waals surface area contributed by atoms with Crippen LogP contribution in [0.4, 0.5) is 0 Å². The first kappa shape index (κ1) is 11.6. The van der Waals surface area contributed by atoms with Crippen molar-refractivity contribution in [3.63, 3.8) is 0 Å². The van der Waals surface area contributed by atoms with Gasteiger partial charge in [-0.3, -0.25) is 4.90 Å². The molecule has 86 valence electrons. The van der Waals surface area contributed by atoms with E-state index in [-0.39, 0.29) is 0 Å². The molecule has 2 aromatic rings. The summed E-state index contributed by atoms with van der Waals surface area (Å²) in [6.07, 6.45) is 3.53. The highest BCUT2D eigenvalue weighted by Crippen LogP contribution is 2.20. The summed E-state index contributed by atoms with van der Waals surface area (Å²) in [5, 5.41) is 0. The zero-order valence-corrected chi connectivity index (χ0v) is 10.6. The van der Waals surface area contributed by atoms with Crippen LogP contribution in [0.2, 0.25) is 4.47 Å². The largest absolute Gasteiger partial charge is 0.468 e. The molecule has 0 amide bonds. The maximum atomic E-state index is 5.80. The second kappa shape index (κ2) is 5.48. The van der Waals surface area contributed by atoms with Gasteiger partial charge in [0.2, 0.25) is 0 Å². The van der Waals surface area contributed by atoms with Gasteiger partial charge in [-0.15, -0.1) is 11.3 Å². The molecule has 0 unspecified atom stereocenters. The fourth-order valence-corrected chi connectivity index (χ4v) is 2.50. The number of halogens is 1. The molecule has 0 aromatic carbocycles. The summed E-state index contributed by atoms with van der Waals surface area (Å²) in [6.45, 7) is 4.78. The van der Waals surface area contributed by atoms with E-state index >= 15 is 0 Å². The molecular weight excluding hydrogens is 244 g/mol. The molecule has 0 saturated carbocycles. The maximum Gasteiger partial charge on any atom is 0.183 e. The van der Waals surface area contributed by atoms with Crippen LogP contribution in [-0.4, -0.2) is 16.4 Å². The highest BCUT2D eigenvalue weighted by atomic mass is 35.5. The molecule has 0 N–H and O–H groups in total. The highest BCUT2D eigenvalue weighted by Gasteiger charge is 2.08. The van der Waals surface area contributed by atoms with Crippen molar-refractivity contribution in [1.29, 1.82) is 0 Å². The summed E-state index contributed by atoms with van der Waals surface area (Å²) in [6, 6.07) is 3.90. The highest BCUT2D eigenvalue weighted by molar-refractivity contribution is 7.15. The van der Waals surface area contributed by atoms with Crippen LogP contribution in [0.15, 0.2) is 29.0 Å². The van der Waals surface area contributed by atoms with Crippen LogP contribution in [0.3, 0.4) is 0 Å². The van der Waals surface area contributed by atoms with Crippen LogP contribution in [-0.2, 0) is 13.1 Å². The van der Waals surface area contributed by atoms with Gasteiger partial charge in [0.1, 0.15) is 5.76 Å². The second-order valence-corrected chi connectivity index (χ2v) is 5.16. The molecule has 2 aromatic heterocycles. The third-order valence-electron chi connectivity index (χ3n) is 2.31. The molecule has 0 atom stereocenters. The summed E-state index contributed by atoms with van der Waals surface area (Å²) in [4.78, 5) is 7.49. The SMILES string of the molecule is CCN(Cc1ccco1)Cc1cnc(Cl)s1. The molecule has 0 radical (unpaired) electrons. The van der Waals surface area contributed by atoms with E-state index in [9.17, 15) is 0 Å². The van der Waals surface area contributed by atoms with Crippen LogP contribution in [0.1, 0.15) is 17.6 Å². The summed E-state index contributed by atoms with van der Waals surface area (Å²) in [5.41, 5.74) is 0. The van der Waals surface area contributed by atoms with Gasteiger partial charge >= 0.3 is 0 Å². The van der Waals surface area contributed by atoms with Crippen molar-refractivity contribution >= 4 is 22.9 Å². The van der Waals surface area contributed by atoms with Crippen molar-refractivity contribution < 1.29 is 4.42 Å². The number of thiazole rings is 1. The van der Waals surface area contributed by atoms with E-state index in [2.05, 4.69) is 16.8 Å². The van der Waals surface area contributed by atoms with Crippen LogP contribution in [0.5, 0.6) is 0 Å². The zero-order valence-electron chi connectivity index (χ0n) is 9.02. The summed E-state index contributed by atoms with van der Waals surface area (Å²) in [7, 11) is 0. The minimum absolute atomic E-state index is 0.601. The van der Waals surface area contributed by atoms with E-state index in [1.54, 1.807) is 6.26 Å². The molecule has 0 fully saturated rings. The lowest BCUT2D eigenvalue weighted by Crippen LogP contribution is -2.21. The van der Waals surface area contributed by atoms with Gasteiger partial charge in [-0.2, -0.15) is 0 Å². The average Bonchev–Trinajstić information content (AvgIpc) is 2.89. The van der Waals surface area contributed by atoms with E-state index in [1.165, 1.54) is 16.2 Å². The number of hydrogen-bond donors (Lipinski definition) is 0. The average molecular weight is 257 g/mol. The van der Waals surface area contributed by atoms with Crippen LogP contribution in [0.25, 0.3) is 0 Å². The first-order valence-corrected chi connectivity index (χ1v) is 6.32. The lowest BCUT2D eigenvalue weighted by Gasteiger charge is -2.17. The summed E-state index contributed by atoms with van der Waals surface area (Å²) >= 11 is 7.33. The van der Waals surface area contributed by atoms with Crippen molar-refractivity contribution in [3.05, 3.63) is 39.7 Å². The van der Waals surface area contributed by atoms with E-state index < -0.39 is 0 Å². The third kappa shape index (κ3) is 3.07. The molecular formula is C11H13ClN2OS. The van der Waals surface area contributed by atoms with Gasteiger partial charge < -0.3 is 4.42 Å². The Morgan fingerprint density at radius 1 is 1.50 bits per heavy atom. The predicted octanol–water partition coefficient (Wildman–Crippen LogP) is 3.41. The van der Waals surface area contributed by atoms with Crippen LogP contribution < -0.4 is 0 Å². The molecule has 0 spiro atoms.